The number of aryl methyl sites for hydroxylation is 1. The number of nitrogens with one attached hydrogen (secondary N) is 1. The average molecular weight is 287 g/mol. The van der Waals surface area contributed by atoms with Crippen LogP contribution in [0.2, 0.25) is 19.6 Å². The van der Waals surface area contributed by atoms with E-state index in [2.05, 4.69) is 29.4 Å². The highest BCUT2D eigenvalue weighted by atomic mass is 28.3. The number of alkyl halides is 3. The monoisotopic (exact) mass is 287 g/mol. The van der Waals surface area contributed by atoms with Crippen molar-refractivity contribution in [1.29, 1.82) is 0 Å². The molecule has 0 saturated heterocycles. The van der Waals surface area contributed by atoms with E-state index in [4.69, 9.17) is 0 Å². The van der Waals surface area contributed by atoms with Gasteiger partial charge in [0.25, 0.3) is 0 Å². The Morgan fingerprint density at radius 2 is 1.79 bits per heavy atom. The van der Waals surface area contributed by atoms with Crippen molar-refractivity contribution < 1.29 is 17.9 Å². The highest BCUT2D eigenvalue weighted by Crippen LogP contribution is 2.28. The van der Waals surface area contributed by atoms with E-state index in [1.165, 1.54) is 12.1 Å². The van der Waals surface area contributed by atoms with Crippen molar-refractivity contribution in [2.75, 3.05) is 0 Å². The summed E-state index contributed by atoms with van der Waals surface area (Å²) in [5.74, 6) is -0.177. The summed E-state index contributed by atoms with van der Waals surface area (Å²) in [7, 11) is -1.54. The van der Waals surface area contributed by atoms with Crippen molar-refractivity contribution in [2.45, 2.75) is 32.9 Å². The third-order valence-electron chi connectivity index (χ3n) is 3.01. The number of H-pyrrole nitrogens is 1. The minimum absolute atomic E-state index is 0.177. The molecular formula is C13H16F3NOSi. The Hall–Kier alpha value is -1.43. The van der Waals surface area contributed by atoms with Gasteiger partial charge in [-0.25, -0.2) is 0 Å². The molecule has 19 heavy (non-hydrogen) atoms. The molecule has 2 nitrogen and oxygen atoms in total. The third-order valence-corrected chi connectivity index (χ3v) is 5.01. The number of hydrogen-bond acceptors (Lipinski definition) is 1. The molecule has 0 radical (unpaired) electrons. The summed E-state index contributed by atoms with van der Waals surface area (Å²) in [6, 6.07) is 4.41. The van der Waals surface area contributed by atoms with E-state index in [1.54, 1.807) is 6.07 Å². The van der Waals surface area contributed by atoms with Gasteiger partial charge in [0.2, 0.25) is 0 Å². The molecule has 0 aliphatic rings. The summed E-state index contributed by atoms with van der Waals surface area (Å²) < 4.78 is 40.6. The number of benzene rings is 1. The van der Waals surface area contributed by atoms with Crippen LogP contribution in [0, 0.1) is 6.92 Å². The summed E-state index contributed by atoms with van der Waals surface area (Å²) in [5, 5.41) is 1.95. The molecule has 1 N–H and O–H groups in total. The third kappa shape index (κ3) is 2.94. The zero-order valence-corrected chi connectivity index (χ0v) is 12.3. The Morgan fingerprint density at radius 3 is 2.32 bits per heavy atom. The van der Waals surface area contributed by atoms with Gasteiger partial charge in [-0.1, -0.05) is 19.6 Å². The molecule has 2 aromatic rings. The molecule has 1 aromatic carbocycles. The quantitative estimate of drug-likeness (QED) is 0.832. The Balaban J connectivity index is 2.52. The molecule has 0 aliphatic carbocycles. The Bertz CT molecular complexity index is 611. The number of ether oxygens (including phenoxy) is 1. The maximum atomic E-state index is 12.2. The number of aromatic nitrogens is 1. The summed E-state index contributed by atoms with van der Waals surface area (Å²) in [5.41, 5.74) is 1.87. The number of hydrogen-bond donors (Lipinski definition) is 1. The van der Waals surface area contributed by atoms with E-state index >= 15 is 0 Å². The molecule has 0 spiro atoms. The normalized spacial score (nSPS) is 13.0. The first-order valence-corrected chi connectivity index (χ1v) is 9.46. The summed E-state index contributed by atoms with van der Waals surface area (Å²) in [4.78, 5) is 3.32. The lowest BCUT2D eigenvalue weighted by atomic mass is 10.2. The van der Waals surface area contributed by atoms with E-state index < -0.39 is 14.4 Å². The molecule has 0 aliphatic heterocycles. The van der Waals surface area contributed by atoms with Gasteiger partial charge >= 0.3 is 6.36 Å². The van der Waals surface area contributed by atoms with Crippen LogP contribution in [0.3, 0.4) is 0 Å². The lowest BCUT2D eigenvalue weighted by molar-refractivity contribution is -0.274. The van der Waals surface area contributed by atoms with Crippen molar-refractivity contribution in [3.8, 4) is 5.75 Å². The van der Waals surface area contributed by atoms with E-state index in [-0.39, 0.29) is 5.75 Å². The van der Waals surface area contributed by atoms with Crippen molar-refractivity contribution in [3.05, 3.63) is 23.8 Å². The van der Waals surface area contributed by atoms with Gasteiger partial charge < -0.3 is 9.72 Å². The van der Waals surface area contributed by atoms with Crippen LogP contribution in [-0.2, 0) is 0 Å². The molecule has 6 heteroatoms. The predicted molar refractivity (Wildman–Crippen MR) is 72.7 cm³/mol. The molecule has 1 heterocycles. The Kier molecular flexibility index (Phi) is 3.16. The summed E-state index contributed by atoms with van der Waals surface area (Å²) in [6.07, 6.45) is -4.65. The van der Waals surface area contributed by atoms with Crippen molar-refractivity contribution in [2.24, 2.45) is 0 Å². The second-order valence-electron chi connectivity index (χ2n) is 5.63. The topological polar surface area (TPSA) is 25.0 Å². The first-order chi connectivity index (χ1) is 8.58. The minimum Gasteiger partial charge on any atom is -0.406 e. The zero-order valence-electron chi connectivity index (χ0n) is 11.3. The summed E-state index contributed by atoms with van der Waals surface area (Å²) in [6.45, 7) is 8.51. The fourth-order valence-corrected chi connectivity index (χ4v) is 4.02. The van der Waals surface area contributed by atoms with Crippen LogP contribution in [0.25, 0.3) is 10.9 Å². The van der Waals surface area contributed by atoms with Gasteiger partial charge in [0, 0.05) is 16.2 Å². The first-order valence-electron chi connectivity index (χ1n) is 5.96. The molecule has 0 atom stereocenters. The highest BCUT2D eigenvalue weighted by molar-refractivity contribution is 6.88. The minimum atomic E-state index is -4.65. The SMILES string of the molecule is Cc1c([Si](C)(C)C)[nH]c2ccc(OC(F)(F)F)cc12. The molecule has 104 valence electrons. The van der Waals surface area contributed by atoms with Crippen LogP contribution in [-0.4, -0.2) is 19.4 Å². The number of halogens is 3. The molecular weight excluding hydrogens is 271 g/mol. The molecule has 0 amide bonds. The molecule has 1 aromatic heterocycles. The molecule has 0 bridgehead atoms. The standard InChI is InChI=1S/C13H16F3NOSi/c1-8-10-7-9(18-13(14,15)16)5-6-11(10)17-12(8)19(2,3)4/h5-7,17H,1-4H3. The lowest BCUT2D eigenvalue weighted by Crippen LogP contribution is -2.40. The maximum Gasteiger partial charge on any atom is 0.573 e. The van der Waals surface area contributed by atoms with Crippen LogP contribution in [0.4, 0.5) is 13.2 Å². The molecule has 0 fully saturated rings. The molecule has 2 rings (SSSR count). The lowest BCUT2D eigenvalue weighted by Gasteiger charge is -2.15. The van der Waals surface area contributed by atoms with Gasteiger partial charge in [-0.05, 0) is 30.7 Å². The van der Waals surface area contributed by atoms with E-state index in [0.29, 0.717) is 0 Å². The highest BCUT2D eigenvalue weighted by Gasteiger charge is 2.31. The van der Waals surface area contributed by atoms with E-state index in [9.17, 15) is 13.2 Å². The van der Waals surface area contributed by atoms with Gasteiger partial charge in [0.15, 0.2) is 0 Å². The smallest absolute Gasteiger partial charge is 0.406 e. The van der Waals surface area contributed by atoms with Gasteiger partial charge in [0.05, 0.1) is 8.07 Å². The van der Waals surface area contributed by atoms with E-state index in [1.807, 2.05) is 6.92 Å². The second kappa shape index (κ2) is 4.30. The fraction of sp³-hybridized carbons (Fsp3) is 0.385. The van der Waals surface area contributed by atoms with Crippen molar-refractivity contribution >= 4 is 24.3 Å². The van der Waals surface area contributed by atoms with Gasteiger partial charge in [0.1, 0.15) is 5.75 Å². The van der Waals surface area contributed by atoms with Crippen LogP contribution < -0.4 is 10.1 Å². The number of rotatable bonds is 2. The van der Waals surface area contributed by atoms with E-state index in [0.717, 1.165) is 21.8 Å². The van der Waals surface area contributed by atoms with Gasteiger partial charge in [-0.3, -0.25) is 0 Å². The Labute approximate surface area is 110 Å². The average Bonchev–Trinajstić information content (AvgIpc) is 2.53. The number of fused-ring (bicyclic) bond motifs is 1. The van der Waals surface area contributed by atoms with Crippen LogP contribution in [0.1, 0.15) is 5.56 Å². The van der Waals surface area contributed by atoms with Gasteiger partial charge in [-0.15, -0.1) is 13.2 Å². The largest absolute Gasteiger partial charge is 0.573 e. The maximum absolute atomic E-state index is 12.2. The first kappa shape index (κ1) is 14.0. The molecule has 0 unspecified atom stereocenters. The van der Waals surface area contributed by atoms with Crippen LogP contribution in [0.15, 0.2) is 18.2 Å². The van der Waals surface area contributed by atoms with Crippen LogP contribution in [0.5, 0.6) is 5.75 Å². The van der Waals surface area contributed by atoms with Gasteiger partial charge in [-0.2, -0.15) is 0 Å². The van der Waals surface area contributed by atoms with Crippen molar-refractivity contribution in [3.63, 3.8) is 0 Å². The Morgan fingerprint density at radius 1 is 1.16 bits per heavy atom. The fourth-order valence-electron chi connectivity index (χ4n) is 2.25. The number of aromatic amines is 1. The predicted octanol–water partition coefficient (Wildman–Crippen LogP) is 3.92. The van der Waals surface area contributed by atoms with Crippen molar-refractivity contribution in [1.82, 2.24) is 4.98 Å². The van der Waals surface area contributed by atoms with Crippen LogP contribution >= 0.6 is 0 Å². The zero-order chi connectivity index (χ0) is 14.4. The second-order valence-corrected chi connectivity index (χ2v) is 10.6. The summed E-state index contributed by atoms with van der Waals surface area (Å²) >= 11 is 0. The molecule has 0 saturated carbocycles.